The van der Waals surface area contributed by atoms with Gasteiger partial charge in [0.15, 0.2) is 0 Å². The van der Waals surface area contributed by atoms with Crippen LogP contribution < -0.4 is 10.2 Å². The van der Waals surface area contributed by atoms with E-state index in [0.717, 1.165) is 25.9 Å². The highest BCUT2D eigenvalue weighted by Gasteiger charge is 2.22. The van der Waals surface area contributed by atoms with Gasteiger partial charge in [0.25, 0.3) is 0 Å². The predicted octanol–water partition coefficient (Wildman–Crippen LogP) is -0.00230. The number of nitrogens with one attached hydrogen (secondary N) is 1. The lowest BCUT2D eigenvalue weighted by Crippen LogP contribution is -2.37. The van der Waals surface area contributed by atoms with Gasteiger partial charge in [-0.2, -0.15) is 0 Å². The molecule has 0 radical (unpaired) electrons. The number of aliphatic hydroxyl groups is 1. The van der Waals surface area contributed by atoms with Gasteiger partial charge in [-0.05, 0) is 25.8 Å². The first-order valence-electron chi connectivity index (χ1n) is 5.66. The van der Waals surface area contributed by atoms with Gasteiger partial charge in [-0.1, -0.05) is 5.10 Å². The molecule has 1 aliphatic rings. The summed E-state index contributed by atoms with van der Waals surface area (Å²) in [6.45, 7) is 2.55. The van der Waals surface area contributed by atoms with Crippen molar-refractivity contribution in [3.8, 4) is 0 Å². The topological polar surface area (TPSA) is 74.4 Å². The van der Waals surface area contributed by atoms with Crippen molar-refractivity contribution < 1.29 is 9.52 Å². The van der Waals surface area contributed by atoms with Gasteiger partial charge in [0.2, 0.25) is 5.89 Å². The van der Waals surface area contributed by atoms with Crippen LogP contribution in [0.2, 0.25) is 0 Å². The summed E-state index contributed by atoms with van der Waals surface area (Å²) in [4.78, 5) is 2.05. The maximum absolute atomic E-state index is 9.14. The van der Waals surface area contributed by atoms with E-state index in [0.29, 0.717) is 24.4 Å². The summed E-state index contributed by atoms with van der Waals surface area (Å²) >= 11 is 0. The summed E-state index contributed by atoms with van der Waals surface area (Å²) in [7, 11) is 1.84. The molecule has 2 heterocycles. The number of piperidine rings is 1. The molecule has 2 N–H and O–H groups in total. The molecule has 1 saturated heterocycles. The van der Waals surface area contributed by atoms with Crippen molar-refractivity contribution >= 4 is 6.01 Å². The fourth-order valence-corrected chi connectivity index (χ4v) is 1.98. The molecule has 0 amide bonds. The molecule has 90 valence electrons. The van der Waals surface area contributed by atoms with Gasteiger partial charge >= 0.3 is 6.01 Å². The number of hydrogen-bond donors (Lipinski definition) is 2. The molecule has 6 heteroatoms. The second kappa shape index (κ2) is 5.27. The number of anilines is 1. The number of aliphatic hydroxyl groups excluding tert-OH is 1. The molecule has 0 saturated carbocycles. The van der Waals surface area contributed by atoms with E-state index in [-0.39, 0.29) is 6.61 Å². The molecule has 1 aromatic rings. The monoisotopic (exact) mass is 226 g/mol. The summed E-state index contributed by atoms with van der Waals surface area (Å²) in [5.74, 6) is 0.928. The third kappa shape index (κ3) is 2.51. The second-order valence-electron chi connectivity index (χ2n) is 4.15. The van der Waals surface area contributed by atoms with E-state index >= 15 is 0 Å². The Balaban J connectivity index is 1.99. The lowest BCUT2D eigenvalue weighted by atomic mass is 10.00. The number of hydrogen-bond acceptors (Lipinski definition) is 6. The summed E-state index contributed by atoms with van der Waals surface area (Å²) in [6, 6.07) is 0.573. The van der Waals surface area contributed by atoms with Gasteiger partial charge in [-0.3, -0.25) is 0 Å². The minimum atomic E-state index is 0.230. The minimum Gasteiger partial charge on any atom is -0.407 e. The van der Waals surface area contributed by atoms with Crippen LogP contribution in [-0.4, -0.2) is 42.0 Å². The Hall–Kier alpha value is -1.14. The highest BCUT2D eigenvalue weighted by Crippen LogP contribution is 2.21. The van der Waals surface area contributed by atoms with Gasteiger partial charge in [0, 0.05) is 19.7 Å². The molecule has 1 aromatic heterocycles. The highest BCUT2D eigenvalue weighted by molar-refractivity contribution is 5.25. The largest absolute Gasteiger partial charge is 0.407 e. The van der Waals surface area contributed by atoms with Crippen LogP contribution in [0, 0.1) is 5.92 Å². The highest BCUT2D eigenvalue weighted by atomic mass is 16.4. The molecule has 0 spiro atoms. The lowest BCUT2D eigenvalue weighted by molar-refractivity contribution is 0.206. The molecule has 1 aliphatic heterocycles. The normalized spacial score (nSPS) is 21.4. The van der Waals surface area contributed by atoms with Crippen LogP contribution in [0.3, 0.4) is 0 Å². The summed E-state index contributed by atoms with van der Waals surface area (Å²) in [5, 5.41) is 20.1. The van der Waals surface area contributed by atoms with Crippen LogP contribution in [0.15, 0.2) is 4.42 Å². The smallest absolute Gasteiger partial charge is 0.318 e. The van der Waals surface area contributed by atoms with E-state index in [1.807, 2.05) is 7.05 Å². The molecule has 1 unspecified atom stereocenters. The molecular formula is C10H18N4O2. The third-order valence-corrected chi connectivity index (χ3v) is 2.83. The number of nitrogens with zero attached hydrogens (tertiary/aromatic N) is 3. The first-order valence-corrected chi connectivity index (χ1v) is 5.66. The van der Waals surface area contributed by atoms with Crippen molar-refractivity contribution in [1.29, 1.82) is 0 Å². The molecule has 0 bridgehead atoms. The average molecular weight is 226 g/mol. The Labute approximate surface area is 94.7 Å². The Morgan fingerprint density at radius 1 is 1.56 bits per heavy atom. The SMILES string of the molecule is CNCc1nnc(N2CCCC(CO)C2)o1. The second-order valence-corrected chi connectivity index (χ2v) is 4.15. The minimum absolute atomic E-state index is 0.230. The fourth-order valence-electron chi connectivity index (χ4n) is 1.98. The van der Waals surface area contributed by atoms with Crippen LogP contribution in [0.25, 0.3) is 0 Å². The van der Waals surface area contributed by atoms with E-state index in [2.05, 4.69) is 20.4 Å². The van der Waals surface area contributed by atoms with Crippen molar-refractivity contribution in [3.63, 3.8) is 0 Å². The number of aromatic nitrogens is 2. The van der Waals surface area contributed by atoms with E-state index in [9.17, 15) is 0 Å². The quantitative estimate of drug-likeness (QED) is 0.752. The van der Waals surface area contributed by atoms with Gasteiger partial charge < -0.3 is 19.7 Å². The predicted molar refractivity (Wildman–Crippen MR) is 59.1 cm³/mol. The molecule has 0 aliphatic carbocycles. The van der Waals surface area contributed by atoms with Crippen molar-refractivity contribution in [2.45, 2.75) is 19.4 Å². The van der Waals surface area contributed by atoms with Crippen molar-refractivity contribution in [2.75, 3.05) is 31.6 Å². The molecule has 1 atom stereocenters. The van der Waals surface area contributed by atoms with Crippen LogP contribution in [0.5, 0.6) is 0 Å². The molecule has 0 aromatic carbocycles. The Morgan fingerprint density at radius 3 is 3.19 bits per heavy atom. The van der Waals surface area contributed by atoms with E-state index in [1.54, 1.807) is 0 Å². The zero-order chi connectivity index (χ0) is 11.4. The van der Waals surface area contributed by atoms with Gasteiger partial charge in [-0.25, -0.2) is 0 Å². The molecule has 2 rings (SSSR count). The van der Waals surface area contributed by atoms with E-state index in [1.165, 1.54) is 0 Å². The van der Waals surface area contributed by atoms with Crippen LogP contribution >= 0.6 is 0 Å². The van der Waals surface area contributed by atoms with E-state index < -0.39 is 0 Å². The molecule has 1 fully saturated rings. The van der Waals surface area contributed by atoms with Crippen molar-refractivity contribution in [3.05, 3.63) is 5.89 Å². The summed E-state index contributed by atoms with van der Waals surface area (Å²) in [5.41, 5.74) is 0. The van der Waals surface area contributed by atoms with Crippen LogP contribution in [0.1, 0.15) is 18.7 Å². The third-order valence-electron chi connectivity index (χ3n) is 2.83. The van der Waals surface area contributed by atoms with Crippen LogP contribution in [-0.2, 0) is 6.54 Å². The van der Waals surface area contributed by atoms with E-state index in [4.69, 9.17) is 9.52 Å². The maximum atomic E-state index is 9.14. The van der Waals surface area contributed by atoms with Gasteiger partial charge in [0.1, 0.15) is 0 Å². The fraction of sp³-hybridized carbons (Fsp3) is 0.800. The van der Waals surface area contributed by atoms with Crippen LogP contribution in [0.4, 0.5) is 6.01 Å². The molecule has 16 heavy (non-hydrogen) atoms. The molecular weight excluding hydrogens is 208 g/mol. The standard InChI is InChI=1S/C10H18N4O2/c1-11-5-9-12-13-10(16-9)14-4-2-3-8(6-14)7-15/h8,11,15H,2-7H2,1H3. The average Bonchev–Trinajstić information content (AvgIpc) is 2.78. The van der Waals surface area contributed by atoms with Gasteiger partial charge in [-0.15, -0.1) is 5.10 Å². The first-order chi connectivity index (χ1) is 7.83. The van der Waals surface area contributed by atoms with Gasteiger partial charge in [0.05, 0.1) is 6.54 Å². The number of rotatable bonds is 4. The Morgan fingerprint density at radius 2 is 2.44 bits per heavy atom. The summed E-state index contributed by atoms with van der Waals surface area (Å²) < 4.78 is 5.52. The Kier molecular flexibility index (Phi) is 3.74. The first kappa shape index (κ1) is 11.3. The zero-order valence-corrected chi connectivity index (χ0v) is 9.52. The van der Waals surface area contributed by atoms with Crippen molar-refractivity contribution in [2.24, 2.45) is 5.92 Å². The zero-order valence-electron chi connectivity index (χ0n) is 9.52. The Bertz CT molecular complexity index is 328. The maximum Gasteiger partial charge on any atom is 0.318 e. The lowest BCUT2D eigenvalue weighted by Gasteiger charge is -2.30. The van der Waals surface area contributed by atoms with Crippen molar-refractivity contribution in [1.82, 2.24) is 15.5 Å². The summed E-state index contributed by atoms with van der Waals surface area (Å²) in [6.07, 6.45) is 2.14. The molecule has 6 nitrogen and oxygen atoms in total.